The second-order valence-electron chi connectivity index (χ2n) is 4.12. The van der Waals surface area contributed by atoms with Gasteiger partial charge in [-0.05, 0) is 36.2 Å². The van der Waals surface area contributed by atoms with E-state index in [0.29, 0.717) is 16.1 Å². The Hall–Kier alpha value is -1.16. The van der Waals surface area contributed by atoms with E-state index in [1.54, 1.807) is 13.0 Å². The highest BCUT2D eigenvalue weighted by Crippen LogP contribution is 2.35. The molecule has 4 N–H and O–H groups in total. The van der Waals surface area contributed by atoms with Gasteiger partial charge in [0.05, 0.1) is 4.90 Å². The third kappa shape index (κ3) is 3.29. The standard InChI is InChI=1S/C11H14N4O2S3/c1-3-10-14-11(19-15-10)18-8-4-7(12)5-9(6(8)2)20(13,16)17/h4-5H,3,12H2,1-2H3,(H2,13,16,17). The summed E-state index contributed by atoms with van der Waals surface area (Å²) in [6.45, 7) is 3.67. The second kappa shape index (κ2) is 5.68. The van der Waals surface area contributed by atoms with Crippen LogP contribution in [0.15, 0.2) is 26.3 Å². The third-order valence-electron chi connectivity index (χ3n) is 2.60. The number of anilines is 1. The van der Waals surface area contributed by atoms with Crippen molar-refractivity contribution in [2.75, 3.05) is 5.73 Å². The lowest BCUT2D eigenvalue weighted by atomic mass is 10.2. The van der Waals surface area contributed by atoms with Gasteiger partial charge in [-0.15, -0.1) is 0 Å². The first-order chi connectivity index (χ1) is 9.31. The summed E-state index contributed by atoms with van der Waals surface area (Å²) >= 11 is 2.62. The van der Waals surface area contributed by atoms with Crippen LogP contribution in [0.4, 0.5) is 5.69 Å². The van der Waals surface area contributed by atoms with Gasteiger partial charge < -0.3 is 5.73 Å². The molecule has 2 aromatic rings. The minimum atomic E-state index is -3.80. The smallest absolute Gasteiger partial charge is 0.238 e. The number of nitrogen functional groups attached to an aromatic ring is 1. The molecule has 108 valence electrons. The summed E-state index contributed by atoms with van der Waals surface area (Å²) < 4.78 is 28.0. The second-order valence-corrected chi connectivity index (χ2v) is 7.69. The fourth-order valence-electron chi connectivity index (χ4n) is 1.60. The van der Waals surface area contributed by atoms with Gasteiger partial charge in [0.1, 0.15) is 5.82 Å². The Bertz CT molecular complexity index is 740. The highest BCUT2D eigenvalue weighted by Gasteiger charge is 2.17. The van der Waals surface area contributed by atoms with E-state index in [1.165, 1.54) is 29.4 Å². The van der Waals surface area contributed by atoms with Crippen LogP contribution in [0.5, 0.6) is 0 Å². The van der Waals surface area contributed by atoms with E-state index < -0.39 is 10.0 Å². The summed E-state index contributed by atoms with van der Waals surface area (Å²) in [6, 6.07) is 3.08. The molecule has 0 radical (unpaired) electrons. The van der Waals surface area contributed by atoms with Crippen molar-refractivity contribution < 1.29 is 8.42 Å². The number of aryl methyl sites for hydroxylation is 1. The van der Waals surface area contributed by atoms with Crippen LogP contribution in [0.1, 0.15) is 18.3 Å². The number of benzene rings is 1. The van der Waals surface area contributed by atoms with Crippen LogP contribution in [0, 0.1) is 6.92 Å². The first-order valence-corrected chi connectivity index (χ1v) is 8.88. The number of aromatic nitrogens is 2. The van der Waals surface area contributed by atoms with Crippen LogP contribution in [0.25, 0.3) is 0 Å². The summed E-state index contributed by atoms with van der Waals surface area (Å²) in [6.07, 6.45) is 0.759. The highest BCUT2D eigenvalue weighted by molar-refractivity contribution is 8.01. The molecule has 0 saturated heterocycles. The fourth-order valence-corrected chi connectivity index (χ4v) is 4.33. The normalized spacial score (nSPS) is 11.8. The molecule has 0 aliphatic carbocycles. The lowest BCUT2D eigenvalue weighted by Crippen LogP contribution is -2.14. The molecule has 20 heavy (non-hydrogen) atoms. The van der Waals surface area contributed by atoms with Crippen molar-refractivity contribution in [1.29, 1.82) is 0 Å². The van der Waals surface area contributed by atoms with E-state index in [-0.39, 0.29) is 4.90 Å². The van der Waals surface area contributed by atoms with E-state index in [2.05, 4.69) is 9.36 Å². The predicted octanol–water partition coefficient (Wildman–Crippen LogP) is 1.79. The van der Waals surface area contributed by atoms with Crippen LogP contribution in [0.2, 0.25) is 0 Å². The number of sulfonamides is 1. The first-order valence-electron chi connectivity index (χ1n) is 5.74. The van der Waals surface area contributed by atoms with E-state index >= 15 is 0 Å². The average Bonchev–Trinajstić information content (AvgIpc) is 2.79. The lowest BCUT2D eigenvalue weighted by Gasteiger charge is -2.09. The molecule has 0 fully saturated rings. The largest absolute Gasteiger partial charge is 0.399 e. The number of hydrogen-bond acceptors (Lipinski definition) is 7. The molecule has 2 rings (SSSR count). The highest BCUT2D eigenvalue weighted by atomic mass is 32.2. The molecule has 0 amide bonds. The molecule has 1 heterocycles. The van der Waals surface area contributed by atoms with Crippen molar-refractivity contribution in [1.82, 2.24) is 9.36 Å². The van der Waals surface area contributed by atoms with E-state index in [0.717, 1.165) is 16.6 Å². The molecule has 1 aromatic heterocycles. The molecule has 6 nitrogen and oxygen atoms in total. The number of nitrogens with two attached hydrogens (primary N) is 2. The summed E-state index contributed by atoms with van der Waals surface area (Å²) in [7, 11) is -3.80. The zero-order valence-electron chi connectivity index (χ0n) is 11.0. The molecule has 1 aromatic carbocycles. The van der Waals surface area contributed by atoms with Crippen LogP contribution in [-0.4, -0.2) is 17.8 Å². The van der Waals surface area contributed by atoms with Gasteiger partial charge in [0.2, 0.25) is 10.0 Å². The Morgan fingerprint density at radius 3 is 2.65 bits per heavy atom. The zero-order chi connectivity index (χ0) is 14.9. The van der Waals surface area contributed by atoms with Gasteiger partial charge >= 0.3 is 0 Å². The van der Waals surface area contributed by atoms with Gasteiger partial charge in [-0.1, -0.05) is 18.7 Å². The Labute approximate surface area is 125 Å². The fraction of sp³-hybridized carbons (Fsp3) is 0.273. The van der Waals surface area contributed by atoms with Crippen molar-refractivity contribution in [3.05, 3.63) is 23.5 Å². The van der Waals surface area contributed by atoms with E-state index in [9.17, 15) is 8.42 Å². The third-order valence-corrected chi connectivity index (χ3v) is 5.57. The SMILES string of the molecule is CCc1nsc(Sc2cc(N)cc(S(N)(=O)=O)c2C)n1. The van der Waals surface area contributed by atoms with Crippen molar-refractivity contribution in [2.24, 2.45) is 5.14 Å². The first kappa shape index (κ1) is 15.2. The molecule has 0 aliphatic heterocycles. The molecular weight excluding hydrogens is 316 g/mol. The summed E-state index contributed by atoms with van der Waals surface area (Å²) in [4.78, 5) is 5.09. The molecule has 0 saturated carbocycles. The molecule has 0 aliphatic rings. The summed E-state index contributed by atoms with van der Waals surface area (Å²) in [5.74, 6) is 0.769. The monoisotopic (exact) mass is 330 g/mol. The van der Waals surface area contributed by atoms with Crippen molar-refractivity contribution in [3.8, 4) is 0 Å². The molecule has 9 heteroatoms. The topological polar surface area (TPSA) is 112 Å². The number of primary sulfonamides is 1. The van der Waals surface area contributed by atoms with Crippen molar-refractivity contribution in [2.45, 2.75) is 34.4 Å². The minimum absolute atomic E-state index is 0.0419. The summed E-state index contributed by atoms with van der Waals surface area (Å²) in [5.41, 5.74) is 6.66. The summed E-state index contributed by atoms with van der Waals surface area (Å²) in [5, 5.41) is 5.20. The number of nitrogens with zero attached hydrogens (tertiary/aromatic N) is 2. The van der Waals surface area contributed by atoms with Gasteiger partial charge in [0.25, 0.3) is 0 Å². The Morgan fingerprint density at radius 2 is 2.10 bits per heavy atom. The number of hydrogen-bond donors (Lipinski definition) is 2. The van der Waals surface area contributed by atoms with Gasteiger partial charge in [-0.2, -0.15) is 4.37 Å². The van der Waals surface area contributed by atoms with Crippen LogP contribution in [-0.2, 0) is 16.4 Å². The molecular formula is C11H14N4O2S3. The van der Waals surface area contributed by atoms with E-state index in [4.69, 9.17) is 10.9 Å². The average molecular weight is 330 g/mol. The van der Waals surface area contributed by atoms with Crippen molar-refractivity contribution >= 4 is 39.0 Å². The van der Waals surface area contributed by atoms with Crippen LogP contribution < -0.4 is 10.9 Å². The maximum atomic E-state index is 11.5. The maximum Gasteiger partial charge on any atom is 0.238 e. The molecule has 0 spiro atoms. The van der Waals surface area contributed by atoms with Crippen LogP contribution in [0.3, 0.4) is 0 Å². The maximum absolute atomic E-state index is 11.5. The van der Waals surface area contributed by atoms with Gasteiger partial charge in [-0.25, -0.2) is 18.5 Å². The van der Waals surface area contributed by atoms with Gasteiger partial charge in [-0.3, -0.25) is 0 Å². The van der Waals surface area contributed by atoms with Gasteiger partial charge in [0, 0.05) is 17.0 Å². The van der Waals surface area contributed by atoms with Crippen LogP contribution >= 0.6 is 23.3 Å². The molecule has 0 atom stereocenters. The van der Waals surface area contributed by atoms with Gasteiger partial charge in [0.15, 0.2) is 4.34 Å². The lowest BCUT2D eigenvalue weighted by molar-refractivity contribution is 0.597. The quantitative estimate of drug-likeness (QED) is 0.827. The zero-order valence-corrected chi connectivity index (χ0v) is 13.4. The Kier molecular flexibility index (Phi) is 4.33. The molecule has 0 unspecified atom stereocenters. The Balaban J connectivity index is 2.44. The predicted molar refractivity (Wildman–Crippen MR) is 80.4 cm³/mol. The minimum Gasteiger partial charge on any atom is -0.399 e. The molecule has 0 bridgehead atoms. The number of rotatable bonds is 4. The van der Waals surface area contributed by atoms with E-state index in [1.807, 2.05) is 6.92 Å². The Morgan fingerprint density at radius 1 is 1.40 bits per heavy atom. The van der Waals surface area contributed by atoms with Crippen molar-refractivity contribution in [3.63, 3.8) is 0 Å².